The van der Waals surface area contributed by atoms with E-state index in [1.807, 2.05) is 0 Å². The fourth-order valence-corrected chi connectivity index (χ4v) is 1.29. The quantitative estimate of drug-likeness (QED) is 0.367. The first kappa shape index (κ1) is 9.88. The van der Waals surface area contributed by atoms with Crippen LogP contribution in [0.2, 0.25) is 0 Å². The topological polar surface area (TPSA) is 90.2 Å². The summed E-state index contributed by atoms with van der Waals surface area (Å²) in [5, 5.41) is 36.4. The van der Waals surface area contributed by atoms with E-state index in [2.05, 4.69) is 0 Å². The molecule has 5 atom stereocenters. The molecule has 1 heterocycles. The van der Waals surface area contributed by atoms with Gasteiger partial charge >= 0.3 is 0 Å². The fraction of sp³-hybridized carbons (Fsp3) is 1.00. The number of aliphatic hydroxyl groups is 4. The van der Waals surface area contributed by atoms with Crippen LogP contribution in [0.25, 0.3) is 0 Å². The molecule has 1 rings (SSSR count). The molecule has 0 spiro atoms. The van der Waals surface area contributed by atoms with Crippen LogP contribution in [0.15, 0.2) is 0 Å². The summed E-state index contributed by atoms with van der Waals surface area (Å²) >= 11 is 0. The Kier molecular flexibility index (Phi) is 3.03. The second-order valence-corrected chi connectivity index (χ2v) is 3.03. The third kappa shape index (κ3) is 1.60. The van der Waals surface area contributed by atoms with Gasteiger partial charge in [-0.3, -0.25) is 0 Å². The highest BCUT2D eigenvalue weighted by Crippen LogP contribution is 2.20. The lowest BCUT2D eigenvalue weighted by molar-refractivity contribution is -0.224. The van der Waals surface area contributed by atoms with Crippen molar-refractivity contribution in [3.05, 3.63) is 0 Å². The molecule has 5 heteroatoms. The van der Waals surface area contributed by atoms with Crippen LogP contribution in [0, 0.1) is 0 Å². The van der Waals surface area contributed by atoms with E-state index in [0.29, 0.717) is 0 Å². The minimum atomic E-state index is -1.24. The van der Waals surface area contributed by atoms with E-state index >= 15 is 0 Å². The highest BCUT2D eigenvalue weighted by atomic mass is 16.5. The maximum absolute atomic E-state index is 9.23. The van der Waals surface area contributed by atoms with Crippen molar-refractivity contribution in [2.75, 3.05) is 6.61 Å². The van der Waals surface area contributed by atoms with Crippen molar-refractivity contribution in [2.24, 2.45) is 0 Å². The van der Waals surface area contributed by atoms with Gasteiger partial charge in [-0.25, -0.2) is 0 Å². The van der Waals surface area contributed by atoms with Gasteiger partial charge < -0.3 is 25.2 Å². The second kappa shape index (κ2) is 3.68. The third-order valence-electron chi connectivity index (χ3n) is 2.13. The van der Waals surface area contributed by atoms with Crippen molar-refractivity contribution in [1.82, 2.24) is 0 Å². The minimum absolute atomic E-state index is 0.366. The zero-order valence-corrected chi connectivity index (χ0v) is 6.79. The standard InChI is InChI=1S/C7H14O5/c1-3-5(9)7(11)6(10)4(2-8)12-3/h3-11H,2H2,1H3/t3-,4-,5+,6+,7-/m1/s1. The Morgan fingerprint density at radius 2 is 1.67 bits per heavy atom. The summed E-state index contributed by atoms with van der Waals surface area (Å²) in [6.45, 7) is 1.21. The van der Waals surface area contributed by atoms with Crippen molar-refractivity contribution in [1.29, 1.82) is 0 Å². The largest absolute Gasteiger partial charge is 0.394 e. The van der Waals surface area contributed by atoms with Crippen LogP contribution in [0.5, 0.6) is 0 Å². The number of hydrogen-bond donors (Lipinski definition) is 4. The highest BCUT2D eigenvalue weighted by Gasteiger charge is 2.41. The summed E-state index contributed by atoms with van der Waals surface area (Å²) < 4.78 is 5.02. The van der Waals surface area contributed by atoms with Crippen LogP contribution < -0.4 is 0 Å². The first-order valence-corrected chi connectivity index (χ1v) is 3.88. The van der Waals surface area contributed by atoms with E-state index in [1.54, 1.807) is 6.92 Å². The van der Waals surface area contributed by atoms with Gasteiger partial charge in [-0.05, 0) is 6.92 Å². The predicted octanol–water partition coefficient (Wildman–Crippen LogP) is -2.15. The molecule has 0 saturated carbocycles. The summed E-state index contributed by atoms with van der Waals surface area (Å²) in [6.07, 6.45) is -4.94. The molecule has 0 amide bonds. The lowest BCUT2D eigenvalue weighted by atomic mass is 9.96. The number of rotatable bonds is 1. The molecule has 0 aliphatic carbocycles. The van der Waals surface area contributed by atoms with Gasteiger partial charge in [0.25, 0.3) is 0 Å². The number of aliphatic hydroxyl groups excluding tert-OH is 4. The maximum atomic E-state index is 9.23. The van der Waals surface area contributed by atoms with E-state index in [-0.39, 0.29) is 6.61 Å². The zero-order chi connectivity index (χ0) is 9.30. The summed E-state index contributed by atoms with van der Waals surface area (Å²) in [5.41, 5.74) is 0. The van der Waals surface area contributed by atoms with Crippen LogP contribution in [0.3, 0.4) is 0 Å². The molecule has 0 unspecified atom stereocenters. The Labute approximate surface area is 70.2 Å². The van der Waals surface area contributed by atoms with E-state index in [4.69, 9.17) is 9.84 Å². The average Bonchev–Trinajstić information content (AvgIpc) is 2.08. The fourth-order valence-electron chi connectivity index (χ4n) is 1.29. The van der Waals surface area contributed by atoms with E-state index < -0.39 is 30.5 Å². The molecule has 1 fully saturated rings. The molecule has 5 nitrogen and oxygen atoms in total. The van der Waals surface area contributed by atoms with Gasteiger partial charge in [0.2, 0.25) is 0 Å². The smallest absolute Gasteiger partial charge is 0.111 e. The van der Waals surface area contributed by atoms with Crippen molar-refractivity contribution in [2.45, 2.75) is 37.4 Å². The van der Waals surface area contributed by atoms with Gasteiger partial charge in [0.1, 0.15) is 24.4 Å². The molecule has 0 bridgehead atoms. The van der Waals surface area contributed by atoms with Gasteiger partial charge in [-0.2, -0.15) is 0 Å². The van der Waals surface area contributed by atoms with Crippen molar-refractivity contribution >= 4 is 0 Å². The molecule has 1 saturated heterocycles. The Hall–Kier alpha value is -0.200. The molecule has 0 aromatic rings. The Bertz CT molecular complexity index is 146. The summed E-state index contributed by atoms with van der Waals surface area (Å²) in [5.74, 6) is 0. The first-order chi connectivity index (χ1) is 5.57. The first-order valence-electron chi connectivity index (χ1n) is 3.88. The monoisotopic (exact) mass is 178 g/mol. The molecule has 0 aromatic carbocycles. The summed E-state index contributed by atoms with van der Waals surface area (Å²) in [4.78, 5) is 0. The highest BCUT2D eigenvalue weighted by molar-refractivity contribution is 4.89. The number of ether oxygens (including phenoxy) is 1. The van der Waals surface area contributed by atoms with Gasteiger partial charge in [-0.1, -0.05) is 0 Å². The van der Waals surface area contributed by atoms with E-state index in [0.717, 1.165) is 0 Å². The minimum Gasteiger partial charge on any atom is -0.394 e. The Morgan fingerprint density at radius 1 is 1.08 bits per heavy atom. The number of hydrogen-bond acceptors (Lipinski definition) is 5. The Balaban J connectivity index is 2.63. The third-order valence-corrected chi connectivity index (χ3v) is 2.13. The molecule has 12 heavy (non-hydrogen) atoms. The van der Waals surface area contributed by atoms with Crippen LogP contribution >= 0.6 is 0 Å². The summed E-state index contributed by atoms with van der Waals surface area (Å²) in [7, 11) is 0. The molecule has 1 aliphatic heterocycles. The predicted molar refractivity (Wildman–Crippen MR) is 39.4 cm³/mol. The molecule has 0 radical (unpaired) electrons. The van der Waals surface area contributed by atoms with Gasteiger partial charge in [-0.15, -0.1) is 0 Å². The van der Waals surface area contributed by atoms with Gasteiger partial charge in [0, 0.05) is 0 Å². The molecule has 0 aromatic heterocycles. The Morgan fingerprint density at radius 3 is 2.17 bits per heavy atom. The second-order valence-electron chi connectivity index (χ2n) is 3.03. The average molecular weight is 178 g/mol. The van der Waals surface area contributed by atoms with Crippen LogP contribution in [0.4, 0.5) is 0 Å². The molecule has 4 N–H and O–H groups in total. The van der Waals surface area contributed by atoms with E-state index in [1.165, 1.54) is 0 Å². The van der Waals surface area contributed by atoms with Crippen molar-refractivity contribution in [3.8, 4) is 0 Å². The molecular formula is C7H14O5. The molecular weight excluding hydrogens is 164 g/mol. The molecule has 72 valence electrons. The SMILES string of the molecule is C[C@H]1O[C@H](CO)[C@H](O)[C@H](O)[C@H]1O. The summed E-state index contributed by atoms with van der Waals surface area (Å²) in [6, 6.07) is 0. The van der Waals surface area contributed by atoms with Crippen LogP contribution in [-0.2, 0) is 4.74 Å². The lowest BCUT2D eigenvalue weighted by Crippen LogP contribution is -2.57. The maximum Gasteiger partial charge on any atom is 0.111 e. The van der Waals surface area contributed by atoms with E-state index in [9.17, 15) is 15.3 Å². The zero-order valence-electron chi connectivity index (χ0n) is 6.79. The lowest BCUT2D eigenvalue weighted by Gasteiger charge is -2.38. The van der Waals surface area contributed by atoms with Gasteiger partial charge in [0.05, 0.1) is 12.7 Å². The van der Waals surface area contributed by atoms with Crippen LogP contribution in [-0.4, -0.2) is 57.6 Å². The normalized spacial score (nSPS) is 49.2. The van der Waals surface area contributed by atoms with Crippen molar-refractivity contribution < 1.29 is 25.2 Å². The van der Waals surface area contributed by atoms with Crippen molar-refractivity contribution in [3.63, 3.8) is 0 Å². The molecule has 1 aliphatic rings. The van der Waals surface area contributed by atoms with Gasteiger partial charge in [0.15, 0.2) is 0 Å². The van der Waals surface area contributed by atoms with Crippen LogP contribution in [0.1, 0.15) is 6.92 Å².